The zero-order valence-electron chi connectivity index (χ0n) is 10.1. The molecule has 0 aliphatic heterocycles. The van der Waals surface area contributed by atoms with Crippen LogP contribution in [0.5, 0.6) is 0 Å². The van der Waals surface area contributed by atoms with E-state index in [1.54, 1.807) is 0 Å². The Morgan fingerprint density at radius 1 is 1.00 bits per heavy atom. The first kappa shape index (κ1) is 11.5. The van der Waals surface area contributed by atoms with E-state index in [1.165, 1.54) is 16.7 Å². The van der Waals surface area contributed by atoms with Crippen molar-refractivity contribution in [2.24, 2.45) is 0 Å². The molecule has 0 aliphatic carbocycles. The average molecular weight is 220 g/mol. The van der Waals surface area contributed by atoms with E-state index in [-0.39, 0.29) is 0 Å². The van der Waals surface area contributed by atoms with E-state index < -0.39 is 0 Å². The fourth-order valence-electron chi connectivity index (χ4n) is 1.99. The maximum absolute atomic E-state index is 5.52. The minimum atomic E-state index is 1.01. The topological polar surface area (TPSA) is 0 Å². The first-order chi connectivity index (χ1) is 8.29. The van der Waals surface area contributed by atoms with Gasteiger partial charge in [-0.2, -0.15) is 0 Å². The van der Waals surface area contributed by atoms with Crippen molar-refractivity contribution in [1.29, 1.82) is 0 Å². The van der Waals surface area contributed by atoms with Crippen LogP contribution in [-0.2, 0) is 12.8 Å². The monoisotopic (exact) mass is 220 g/mol. The molecule has 0 atom stereocenters. The van der Waals surface area contributed by atoms with Crippen LogP contribution < -0.4 is 0 Å². The lowest BCUT2D eigenvalue weighted by atomic mass is 9.98. The van der Waals surface area contributed by atoms with Crippen molar-refractivity contribution >= 4 is 0 Å². The zero-order chi connectivity index (χ0) is 12.1. The third-order valence-corrected chi connectivity index (χ3v) is 2.94. The Labute approximate surface area is 103 Å². The molecule has 0 heterocycles. The summed E-state index contributed by atoms with van der Waals surface area (Å²) in [5, 5.41) is 0. The second kappa shape index (κ2) is 5.37. The van der Waals surface area contributed by atoms with Gasteiger partial charge in [-0.25, -0.2) is 0 Å². The fraction of sp³-hybridized carbons (Fsp3) is 0.176. The molecule has 17 heavy (non-hydrogen) atoms. The highest BCUT2D eigenvalue weighted by Crippen LogP contribution is 2.14. The van der Waals surface area contributed by atoms with Gasteiger partial charge >= 0.3 is 0 Å². The van der Waals surface area contributed by atoms with Crippen LogP contribution in [0.4, 0.5) is 0 Å². The van der Waals surface area contributed by atoms with Crippen molar-refractivity contribution in [3.8, 4) is 12.3 Å². The minimum Gasteiger partial charge on any atom is -0.115 e. The quantitative estimate of drug-likeness (QED) is 0.691. The van der Waals surface area contributed by atoms with E-state index in [9.17, 15) is 0 Å². The van der Waals surface area contributed by atoms with E-state index in [0.717, 1.165) is 18.4 Å². The summed E-state index contributed by atoms with van der Waals surface area (Å²) in [5.74, 6) is 2.76. The molecule has 0 heteroatoms. The molecule has 2 rings (SSSR count). The molecule has 2 aromatic carbocycles. The van der Waals surface area contributed by atoms with Gasteiger partial charge in [0.2, 0.25) is 0 Å². The highest BCUT2D eigenvalue weighted by Gasteiger charge is 2.01. The van der Waals surface area contributed by atoms with Gasteiger partial charge in [0.25, 0.3) is 0 Å². The summed E-state index contributed by atoms with van der Waals surface area (Å²) in [6.07, 6.45) is 7.57. The Balaban J connectivity index is 2.14. The van der Waals surface area contributed by atoms with Gasteiger partial charge in [-0.15, -0.1) is 6.42 Å². The first-order valence-electron chi connectivity index (χ1n) is 5.89. The summed E-state index contributed by atoms with van der Waals surface area (Å²) in [4.78, 5) is 0. The molecule has 2 aromatic rings. The molecule has 0 aliphatic rings. The Morgan fingerprint density at radius 3 is 2.47 bits per heavy atom. The molecule has 0 unspecified atom stereocenters. The van der Waals surface area contributed by atoms with E-state index in [0.29, 0.717) is 0 Å². The Kier molecular flexibility index (Phi) is 3.62. The fourth-order valence-corrected chi connectivity index (χ4v) is 1.99. The number of benzene rings is 2. The smallest absolute Gasteiger partial charge is 0.0274 e. The molecular weight excluding hydrogens is 204 g/mol. The molecule has 0 saturated carbocycles. The van der Waals surface area contributed by atoms with Crippen molar-refractivity contribution in [1.82, 2.24) is 0 Å². The highest BCUT2D eigenvalue weighted by atomic mass is 14.1. The van der Waals surface area contributed by atoms with Crippen LogP contribution in [0.1, 0.15) is 22.3 Å². The van der Waals surface area contributed by atoms with Crippen LogP contribution in [0.2, 0.25) is 0 Å². The second-order valence-electron chi connectivity index (χ2n) is 4.29. The molecule has 0 saturated heterocycles. The molecule has 0 radical (unpaired) electrons. The van der Waals surface area contributed by atoms with Crippen molar-refractivity contribution in [2.45, 2.75) is 19.8 Å². The van der Waals surface area contributed by atoms with Crippen molar-refractivity contribution in [3.63, 3.8) is 0 Å². The van der Waals surface area contributed by atoms with Gasteiger partial charge in [0.15, 0.2) is 0 Å². The van der Waals surface area contributed by atoms with Gasteiger partial charge in [0.05, 0.1) is 0 Å². The van der Waals surface area contributed by atoms with E-state index >= 15 is 0 Å². The summed E-state index contributed by atoms with van der Waals surface area (Å²) in [6.45, 7) is 2.10. The molecule has 0 nitrogen and oxygen atoms in total. The second-order valence-corrected chi connectivity index (χ2v) is 4.29. The molecular formula is C17H16. The van der Waals surface area contributed by atoms with Gasteiger partial charge < -0.3 is 0 Å². The standard InChI is InChI=1S/C17H16/c1-3-16-11-9-14(2)13-17(16)12-10-15-7-5-4-6-8-15/h1,4-9,11,13H,10,12H2,2H3. The zero-order valence-corrected chi connectivity index (χ0v) is 10.1. The van der Waals surface area contributed by atoms with Crippen LogP contribution in [0.15, 0.2) is 48.5 Å². The SMILES string of the molecule is C#Cc1ccc(C)cc1CCc1ccccc1. The van der Waals surface area contributed by atoms with Gasteiger partial charge in [-0.05, 0) is 37.0 Å². The summed E-state index contributed by atoms with van der Waals surface area (Å²) in [5.41, 5.74) is 4.92. The predicted molar refractivity (Wildman–Crippen MR) is 73.0 cm³/mol. The number of terminal acetylenes is 1. The lowest BCUT2D eigenvalue weighted by Gasteiger charge is -2.06. The number of hydrogen-bond acceptors (Lipinski definition) is 0. The average Bonchev–Trinajstić information content (AvgIpc) is 2.38. The summed E-state index contributed by atoms with van der Waals surface area (Å²) in [7, 11) is 0. The minimum absolute atomic E-state index is 1.01. The molecule has 0 fully saturated rings. The largest absolute Gasteiger partial charge is 0.115 e. The molecule has 0 bridgehead atoms. The van der Waals surface area contributed by atoms with Gasteiger partial charge in [-0.1, -0.05) is 53.9 Å². The molecule has 0 aromatic heterocycles. The van der Waals surface area contributed by atoms with Gasteiger partial charge in [0, 0.05) is 5.56 Å². The lowest BCUT2D eigenvalue weighted by Crippen LogP contribution is -1.95. The van der Waals surface area contributed by atoms with E-state index in [2.05, 4.69) is 49.2 Å². The number of rotatable bonds is 3. The molecule has 84 valence electrons. The van der Waals surface area contributed by atoms with Crippen LogP contribution in [0.3, 0.4) is 0 Å². The summed E-state index contributed by atoms with van der Waals surface area (Å²) >= 11 is 0. The maximum Gasteiger partial charge on any atom is 0.0274 e. The Bertz CT molecular complexity index is 530. The number of hydrogen-bond donors (Lipinski definition) is 0. The number of aryl methyl sites for hydroxylation is 3. The van der Waals surface area contributed by atoms with Crippen molar-refractivity contribution < 1.29 is 0 Å². The summed E-state index contributed by atoms with van der Waals surface area (Å²) in [6, 6.07) is 16.8. The lowest BCUT2D eigenvalue weighted by molar-refractivity contribution is 0.954. The highest BCUT2D eigenvalue weighted by molar-refractivity contribution is 5.42. The molecule has 0 spiro atoms. The maximum atomic E-state index is 5.52. The van der Waals surface area contributed by atoms with Crippen LogP contribution in [0.25, 0.3) is 0 Å². The van der Waals surface area contributed by atoms with Crippen LogP contribution >= 0.6 is 0 Å². The van der Waals surface area contributed by atoms with Gasteiger partial charge in [0.1, 0.15) is 0 Å². The third-order valence-electron chi connectivity index (χ3n) is 2.94. The Morgan fingerprint density at radius 2 is 1.76 bits per heavy atom. The molecule has 0 amide bonds. The van der Waals surface area contributed by atoms with Crippen molar-refractivity contribution in [2.75, 3.05) is 0 Å². The van der Waals surface area contributed by atoms with E-state index in [4.69, 9.17) is 6.42 Å². The van der Waals surface area contributed by atoms with E-state index in [1.807, 2.05) is 12.1 Å². The van der Waals surface area contributed by atoms with Gasteiger partial charge in [-0.3, -0.25) is 0 Å². The Hall–Kier alpha value is -2.00. The predicted octanol–water partition coefficient (Wildman–Crippen LogP) is 3.76. The normalized spacial score (nSPS) is 9.88. The van der Waals surface area contributed by atoms with Crippen molar-refractivity contribution in [3.05, 3.63) is 70.8 Å². The van der Waals surface area contributed by atoms with Crippen LogP contribution in [0, 0.1) is 19.3 Å². The summed E-state index contributed by atoms with van der Waals surface area (Å²) < 4.78 is 0. The first-order valence-corrected chi connectivity index (χ1v) is 5.89. The van der Waals surface area contributed by atoms with Crippen LogP contribution in [-0.4, -0.2) is 0 Å². The third kappa shape index (κ3) is 2.98. The molecule has 0 N–H and O–H groups in total.